The summed E-state index contributed by atoms with van der Waals surface area (Å²) >= 11 is 0. The van der Waals surface area contributed by atoms with Gasteiger partial charge in [-0.1, -0.05) is 6.07 Å². The number of carbonyl (C=O) groups excluding carboxylic acids is 1. The molecule has 0 aliphatic carbocycles. The van der Waals surface area contributed by atoms with E-state index in [1.165, 1.54) is 10.4 Å². The van der Waals surface area contributed by atoms with Crippen LogP contribution in [0.25, 0.3) is 0 Å². The minimum absolute atomic E-state index is 0.117. The molecule has 1 amide bonds. The lowest BCUT2D eigenvalue weighted by atomic mass is 10.2. The van der Waals surface area contributed by atoms with Crippen molar-refractivity contribution in [1.82, 2.24) is 4.31 Å². The number of ether oxygens (including phenoxy) is 2. The van der Waals surface area contributed by atoms with Gasteiger partial charge in [-0.15, -0.1) is 0 Å². The van der Waals surface area contributed by atoms with Crippen LogP contribution in [0.2, 0.25) is 0 Å². The van der Waals surface area contributed by atoms with Gasteiger partial charge in [0.2, 0.25) is 15.9 Å². The molecule has 0 aromatic heterocycles. The van der Waals surface area contributed by atoms with E-state index in [-0.39, 0.29) is 17.3 Å². The van der Waals surface area contributed by atoms with Crippen LogP contribution in [-0.4, -0.2) is 77.8 Å². The van der Waals surface area contributed by atoms with Crippen LogP contribution in [0.3, 0.4) is 0 Å². The van der Waals surface area contributed by atoms with Gasteiger partial charge in [-0.25, -0.2) is 12.8 Å². The second-order valence-electron chi connectivity index (χ2n) is 8.16. The van der Waals surface area contributed by atoms with Crippen LogP contribution in [-0.2, 0) is 24.3 Å². The first-order chi connectivity index (χ1) is 16.3. The Morgan fingerprint density at radius 2 is 1.68 bits per heavy atom. The molecule has 2 aromatic rings. The number of sulfonamides is 1. The van der Waals surface area contributed by atoms with Crippen LogP contribution in [0.4, 0.5) is 21.5 Å². The average Bonchev–Trinajstić information content (AvgIpc) is 2.86. The van der Waals surface area contributed by atoms with Gasteiger partial charge in [-0.05, 0) is 42.8 Å². The molecule has 2 aliphatic heterocycles. The predicted octanol–water partition coefficient (Wildman–Crippen LogP) is 2.04. The number of benzene rings is 2. The molecular weight excluding hydrogens is 463 g/mol. The molecule has 2 saturated heterocycles. The number of morpholine rings is 2. The Bertz CT molecular complexity index is 1130. The number of nitrogens with zero attached hydrogens (tertiary/aromatic N) is 2. The number of aryl methyl sites for hydroxylation is 1. The largest absolute Gasteiger partial charge is 0.379 e. The van der Waals surface area contributed by atoms with Crippen LogP contribution in [0.5, 0.6) is 0 Å². The molecule has 184 valence electrons. The van der Waals surface area contributed by atoms with E-state index in [1.54, 1.807) is 37.3 Å². The molecule has 2 aromatic carbocycles. The summed E-state index contributed by atoms with van der Waals surface area (Å²) in [5.74, 6) is -0.779. The van der Waals surface area contributed by atoms with Gasteiger partial charge in [0.15, 0.2) is 0 Å². The van der Waals surface area contributed by atoms with Crippen LogP contribution < -0.4 is 15.5 Å². The lowest BCUT2D eigenvalue weighted by Gasteiger charge is -2.31. The van der Waals surface area contributed by atoms with Gasteiger partial charge in [-0.3, -0.25) is 4.79 Å². The van der Waals surface area contributed by atoms with Crippen molar-refractivity contribution in [2.45, 2.75) is 11.8 Å². The first-order valence-corrected chi connectivity index (χ1v) is 12.6. The number of halogens is 1. The fourth-order valence-electron chi connectivity index (χ4n) is 3.88. The predicted molar refractivity (Wildman–Crippen MR) is 127 cm³/mol. The molecule has 0 radical (unpaired) electrons. The van der Waals surface area contributed by atoms with E-state index in [1.807, 2.05) is 0 Å². The summed E-state index contributed by atoms with van der Waals surface area (Å²) in [6.45, 7) is 5.27. The van der Waals surface area contributed by atoms with Crippen molar-refractivity contribution in [3.8, 4) is 0 Å². The molecule has 9 nitrogen and oxygen atoms in total. The lowest BCUT2D eigenvalue weighted by molar-refractivity contribution is -0.114. The third-order valence-corrected chi connectivity index (χ3v) is 7.72. The van der Waals surface area contributed by atoms with Crippen LogP contribution >= 0.6 is 0 Å². The van der Waals surface area contributed by atoms with E-state index in [0.717, 1.165) is 5.69 Å². The van der Waals surface area contributed by atoms with E-state index in [9.17, 15) is 17.6 Å². The highest BCUT2D eigenvalue weighted by atomic mass is 32.2. The fourth-order valence-corrected chi connectivity index (χ4v) is 5.32. The molecule has 2 N–H and O–H groups in total. The Morgan fingerprint density at radius 1 is 1.00 bits per heavy atom. The quantitative estimate of drug-likeness (QED) is 0.610. The molecule has 0 spiro atoms. The zero-order valence-corrected chi connectivity index (χ0v) is 19.9. The Morgan fingerprint density at radius 3 is 2.35 bits per heavy atom. The highest BCUT2D eigenvalue weighted by Gasteiger charge is 2.28. The van der Waals surface area contributed by atoms with E-state index in [2.05, 4.69) is 15.5 Å². The van der Waals surface area contributed by atoms with E-state index >= 15 is 0 Å². The first kappa shape index (κ1) is 24.4. The van der Waals surface area contributed by atoms with Gasteiger partial charge in [-0.2, -0.15) is 4.31 Å². The van der Waals surface area contributed by atoms with E-state index in [0.29, 0.717) is 69.5 Å². The van der Waals surface area contributed by atoms with Crippen molar-refractivity contribution in [3.63, 3.8) is 0 Å². The Hall–Kier alpha value is -2.73. The third kappa shape index (κ3) is 5.66. The molecule has 2 aliphatic rings. The minimum Gasteiger partial charge on any atom is -0.379 e. The van der Waals surface area contributed by atoms with Gasteiger partial charge in [0, 0.05) is 31.9 Å². The summed E-state index contributed by atoms with van der Waals surface area (Å²) in [6, 6.07) is 9.40. The summed E-state index contributed by atoms with van der Waals surface area (Å²) in [5.41, 5.74) is 2.16. The Kier molecular flexibility index (Phi) is 7.67. The summed E-state index contributed by atoms with van der Waals surface area (Å²) in [7, 11) is -3.70. The molecular formula is C23H29FN4O5S. The van der Waals surface area contributed by atoms with Crippen molar-refractivity contribution in [1.29, 1.82) is 0 Å². The monoisotopic (exact) mass is 492 g/mol. The van der Waals surface area contributed by atoms with Crippen molar-refractivity contribution in [2.24, 2.45) is 0 Å². The SMILES string of the molecule is Cc1ccc(NC(=O)CNc2cc(S(=O)(=O)N3CCOCC3)ccc2N2CCOCC2)cc1F. The second-order valence-corrected chi connectivity index (χ2v) is 10.1. The topological polar surface area (TPSA) is 100 Å². The maximum Gasteiger partial charge on any atom is 0.243 e. The van der Waals surface area contributed by atoms with Crippen LogP contribution in [0.15, 0.2) is 41.3 Å². The van der Waals surface area contributed by atoms with Crippen molar-refractivity contribution in [3.05, 3.63) is 47.8 Å². The summed E-state index contributed by atoms with van der Waals surface area (Å²) in [5, 5.41) is 5.74. The van der Waals surface area contributed by atoms with E-state index < -0.39 is 15.8 Å². The Labute approximate surface area is 198 Å². The summed E-state index contributed by atoms with van der Waals surface area (Å²) < 4.78 is 52.2. The van der Waals surface area contributed by atoms with Gasteiger partial charge in [0.25, 0.3) is 0 Å². The Balaban J connectivity index is 1.54. The molecule has 0 unspecified atom stereocenters. The second kappa shape index (κ2) is 10.7. The van der Waals surface area contributed by atoms with Crippen LogP contribution in [0.1, 0.15) is 5.56 Å². The number of hydrogen-bond acceptors (Lipinski definition) is 7. The van der Waals surface area contributed by atoms with Gasteiger partial charge in [0.1, 0.15) is 5.82 Å². The number of rotatable bonds is 7. The number of hydrogen-bond donors (Lipinski definition) is 2. The van der Waals surface area contributed by atoms with Crippen molar-refractivity contribution >= 4 is 33.0 Å². The number of nitrogens with one attached hydrogen (secondary N) is 2. The maximum atomic E-state index is 13.8. The molecule has 0 saturated carbocycles. The molecule has 2 fully saturated rings. The molecule has 4 rings (SSSR count). The fraction of sp³-hybridized carbons (Fsp3) is 0.435. The zero-order chi connectivity index (χ0) is 24.1. The first-order valence-electron chi connectivity index (χ1n) is 11.2. The molecule has 11 heteroatoms. The number of anilines is 3. The summed E-state index contributed by atoms with van der Waals surface area (Å²) in [6.07, 6.45) is 0. The van der Waals surface area contributed by atoms with Gasteiger partial charge in [0.05, 0.1) is 49.2 Å². The normalized spacial score (nSPS) is 17.4. The smallest absolute Gasteiger partial charge is 0.243 e. The molecule has 0 atom stereocenters. The average molecular weight is 493 g/mol. The molecule has 0 bridgehead atoms. The van der Waals surface area contributed by atoms with Crippen molar-refractivity contribution < 1.29 is 27.1 Å². The van der Waals surface area contributed by atoms with Crippen molar-refractivity contribution in [2.75, 3.05) is 74.7 Å². The van der Waals surface area contributed by atoms with E-state index in [4.69, 9.17) is 9.47 Å². The standard InChI is InChI=1S/C23H29FN4O5S/c1-17-2-3-18(14-20(17)24)26-23(29)16-25-21-15-19(34(30,31)28-8-12-33-13-9-28)4-5-22(21)27-6-10-32-11-7-27/h2-5,14-15,25H,6-13,16H2,1H3,(H,26,29). The maximum absolute atomic E-state index is 13.8. The summed E-state index contributed by atoms with van der Waals surface area (Å²) in [4.78, 5) is 14.8. The lowest BCUT2D eigenvalue weighted by Crippen LogP contribution is -2.40. The molecule has 34 heavy (non-hydrogen) atoms. The third-order valence-electron chi connectivity index (χ3n) is 5.82. The minimum atomic E-state index is -3.70. The van der Waals surface area contributed by atoms with Gasteiger partial charge >= 0.3 is 0 Å². The highest BCUT2D eigenvalue weighted by Crippen LogP contribution is 2.31. The number of amides is 1. The zero-order valence-electron chi connectivity index (χ0n) is 19.0. The van der Waals surface area contributed by atoms with Crippen LogP contribution in [0, 0.1) is 12.7 Å². The molecule has 2 heterocycles. The highest BCUT2D eigenvalue weighted by molar-refractivity contribution is 7.89. The number of carbonyl (C=O) groups is 1. The van der Waals surface area contributed by atoms with Gasteiger partial charge < -0.3 is 25.0 Å².